The molecule has 0 saturated carbocycles. The van der Waals surface area contributed by atoms with E-state index in [-0.39, 0.29) is 33.5 Å². The molecule has 4 rings (SSSR count). The first kappa shape index (κ1) is 25.2. The lowest BCUT2D eigenvalue weighted by Gasteiger charge is -2.32. The molecule has 2 aliphatic carbocycles. The Kier molecular flexibility index (Phi) is 5.60. The molecule has 4 atom stereocenters. The van der Waals surface area contributed by atoms with E-state index in [1.807, 2.05) is 0 Å². The van der Waals surface area contributed by atoms with Crippen molar-refractivity contribution in [2.75, 3.05) is 0 Å². The van der Waals surface area contributed by atoms with Crippen LogP contribution < -0.4 is 0 Å². The summed E-state index contributed by atoms with van der Waals surface area (Å²) in [6.07, 6.45) is 0. The number of ketones is 1. The number of carbonyl (C=O) groups is 1. The zero-order chi connectivity index (χ0) is 25.6. The average molecular weight is 459 g/mol. The predicted octanol–water partition coefficient (Wildman–Crippen LogP) is 8.57. The van der Waals surface area contributed by atoms with E-state index >= 15 is 0 Å². The van der Waals surface area contributed by atoms with E-state index in [9.17, 15) is 4.79 Å². The third-order valence-corrected chi connectivity index (χ3v) is 11.0. The van der Waals surface area contributed by atoms with Gasteiger partial charge in [-0.2, -0.15) is 0 Å². The molecule has 2 aliphatic rings. The van der Waals surface area contributed by atoms with Crippen molar-refractivity contribution in [3.63, 3.8) is 0 Å². The van der Waals surface area contributed by atoms with Crippen LogP contribution in [0.2, 0.25) is 0 Å². The second-order valence-corrected chi connectivity index (χ2v) is 13.8. The SMILES string of the molecule is CC(C(=O)C(C)c1ccc2c(c1)C(C)(C)C(C)C2(C)C)c1ccc2c(c1)C(C)(C)C(C)C2(C)C. The molecule has 0 fully saturated rings. The average Bonchev–Trinajstić information content (AvgIpc) is 3.01. The highest BCUT2D eigenvalue weighted by Gasteiger charge is 2.49. The van der Waals surface area contributed by atoms with E-state index in [1.54, 1.807) is 0 Å². The molecule has 4 unspecified atom stereocenters. The number of hydrogen-bond acceptors (Lipinski definition) is 1. The molecule has 0 amide bonds. The maximum atomic E-state index is 13.8. The molecule has 0 spiro atoms. The first-order chi connectivity index (χ1) is 15.5. The Labute approximate surface area is 208 Å². The lowest BCUT2D eigenvalue weighted by atomic mass is 9.71. The van der Waals surface area contributed by atoms with Gasteiger partial charge in [0.1, 0.15) is 5.78 Å². The number of Topliss-reactive ketones (excluding diaryl/α,β-unsaturated/α-hetero) is 1. The van der Waals surface area contributed by atoms with Gasteiger partial charge < -0.3 is 0 Å². The van der Waals surface area contributed by atoms with Crippen LogP contribution in [0, 0.1) is 11.8 Å². The van der Waals surface area contributed by atoms with Crippen molar-refractivity contribution in [3.05, 3.63) is 69.8 Å². The lowest BCUT2D eigenvalue weighted by molar-refractivity contribution is -0.121. The Morgan fingerprint density at radius 2 is 0.882 bits per heavy atom. The quantitative estimate of drug-likeness (QED) is 0.448. The first-order valence-corrected chi connectivity index (χ1v) is 13.3. The fraction of sp³-hybridized carbons (Fsp3) is 0.606. The van der Waals surface area contributed by atoms with Gasteiger partial charge in [-0.15, -0.1) is 0 Å². The largest absolute Gasteiger partial charge is 0.298 e. The summed E-state index contributed by atoms with van der Waals surface area (Å²) in [5.74, 6) is 1.18. The van der Waals surface area contributed by atoms with Crippen molar-refractivity contribution in [2.45, 2.75) is 117 Å². The molecular formula is C33H46O. The van der Waals surface area contributed by atoms with Gasteiger partial charge in [-0.05, 0) is 66.9 Å². The summed E-state index contributed by atoms with van der Waals surface area (Å²) in [5, 5.41) is 0. The summed E-state index contributed by atoms with van der Waals surface area (Å²) in [4.78, 5) is 13.8. The van der Waals surface area contributed by atoms with Gasteiger partial charge in [0.15, 0.2) is 0 Å². The van der Waals surface area contributed by atoms with Crippen molar-refractivity contribution in [1.29, 1.82) is 0 Å². The van der Waals surface area contributed by atoms with E-state index in [1.165, 1.54) is 22.3 Å². The second kappa shape index (κ2) is 7.55. The maximum Gasteiger partial charge on any atom is 0.147 e. The first-order valence-electron chi connectivity index (χ1n) is 13.3. The van der Waals surface area contributed by atoms with E-state index in [0.717, 1.165) is 11.1 Å². The van der Waals surface area contributed by atoms with Crippen molar-refractivity contribution >= 4 is 5.78 Å². The highest BCUT2D eigenvalue weighted by atomic mass is 16.1. The zero-order valence-electron chi connectivity index (χ0n) is 23.7. The smallest absolute Gasteiger partial charge is 0.147 e. The molecule has 0 saturated heterocycles. The molecule has 0 radical (unpaired) electrons. The summed E-state index contributed by atoms with van der Waals surface area (Å²) >= 11 is 0. The molecule has 2 aromatic carbocycles. The van der Waals surface area contributed by atoms with Crippen LogP contribution in [-0.4, -0.2) is 5.78 Å². The lowest BCUT2D eigenvalue weighted by Crippen LogP contribution is -2.30. The molecule has 2 aromatic rings. The minimum atomic E-state index is -0.119. The van der Waals surface area contributed by atoms with Crippen LogP contribution in [0.25, 0.3) is 0 Å². The van der Waals surface area contributed by atoms with Crippen LogP contribution in [0.5, 0.6) is 0 Å². The van der Waals surface area contributed by atoms with Crippen molar-refractivity contribution in [1.82, 2.24) is 0 Å². The standard InChI is InChI=1S/C33H46O/c1-19(23-13-15-25-27(17-23)32(9,10)21(3)30(25,5)6)29(34)20(2)24-14-16-26-28(18-24)33(11,12)22(4)31(26,7)8/h13-22H,1-12H3. The van der Waals surface area contributed by atoms with Crippen molar-refractivity contribution in [3.8, 4) is 0 Å². The van der Waals surface area contributed by atoms with Gasteiger partial charge in [0, 0.05) is 11.8 Å². The van der Waals surface area contributed by atoms with Gasteiger partial charge in [0.2, 0.25) is 0 Å². The molecule has 0 aliphatic heterocycles. The molecule has 0 N–H and O–H groups in total. The Bertz CT molecular complexity index is 1050. The van der Waals surface area contributed by atoms with Gasteiger partial charge in [0.25, 0.3) is 0 Å². The van der Waals surface area contributed by atoms with Crippen LogP contribution in [-0.2, 0) is 26.5 Å². The van der Waals surface area contributed by atoms with E-state index in [4.69, 9.17) is 0 Å². The third-order valence-electron chi connectivity index (χ3n) is 11.0. The molecule has 1 nitrogen and oxygen atoms in total. The van der Waals surface area contributed by atoms with Gasteiger partial charge in [0.05, 0.1) is 0 Å². The number of fused-ring (bicyclic) bond motifs is 2. The van der Waals surface area contributed by atoms with Crippen LogP contribution in [0.3, 0.4) is 0 Å². The topological polar surface area (TPSA) is 17.1 Å². The van der Waals surface area contributed by atoms with Crippen LogP contribution in [0.1, 0.15) is 128 Å². The normalized spacial score (nSPS) is 27.1. The number of carbonyl (C=O) groups excluding carboxylic acids is 1. The molecule has 0 bridgehead atoms. The van der Waals surface area contributed by atoms with Crippen molar-refractivity contribution in [2.24, 2.45) is 11.8 Å². The van der Waals surface area contributed by atoms with Gasteiger partial charge >= 0.3 is 0 Å². The van der Waals surface area contributed by atoms with Gasteiger partial charge in [-0.25, -0.2) is 0 Å². The minimum Gasteiger partial charge on any atom is -0.298 e. The molecule has 0 heterocycles. The molecule has 1 heteroatoms. The number of rotatable bonds is 4. The molecule has 0 aromatic heterocycles. The van der Waals surface area contributed by atoms with E-state index < -0.39 is 0 Å². The van der Waals surface area contributed by atoms with E-state index in [2.05, 4.69) is 119 Å². The monoisotopic (exact) mass is 458 g/mol. The Morgan fingerprint density at radius 1 is 0.588 bits per heavy atom. The summed E-state index contributed by atoms with van der Waals surface area (Å²) in [6.45, 7) is 27.8. The third kappa shape index (κ3) is 3.29. The van der Waals surface area contributed by atoms with Crippen LogP contribution >= 0.6 is 0 Å². The summed E-state index contributed by atoms with van der Waals surface area (Å²) in [5.41, 5.74) is 8.57. The predicted molar refractivity (Wildman–Crippen MR) is 145 cm³/mol. The Balaban J connectivity index is 1.66. The maximum absolute atomic E-state index is 13.8. The van der Waals surface area contributed by atoms with Crippen molar-refractivity contribution < 1.29 is 4.79 Å². The fourth-order valence-corrected chi connectivity index (χ4v) is 7.29. The van der Waals surface area contributed by atoms with Crippen LogP contribution in [0.4, 0.5) is 0 Å². The highest BCUT2D eigenvalue weighted by Crippen LogP contribution is 2.55. The molecule has 34 heavy (non-hydrogen) atoms. The van der Waals surface area contributed by atoms with E-state index in [0.29, 0.717) is 17.6 Å². The summed E-state index contributed by atoms with van der Waals surface area (Å²) in [6, 6.07) is 13.7. The van der Waals surface area contributed by atoms with Gasteiger partial charge in [-0.3, -0.25) is 4.79 Å². The summed E-state index contributed by atoms with van der Waals surface area (Å²) < 4.78 is 0. The van der Waals surface area contributed by atoms with Crippen LogP contribution in [0.15, 0.2) is 36.4 Å². The number of hydrogen-bond donors (Lipinski definition) is 0. The fourth-order valence-electron chi connectivity index (χ4n) is 7.29. The summed E-state index contributed by atoms with van der Waals surface area (Å²) in [7, 11) is 0. The molecular weight excluding hydrogens is 412 g/mol. The number of benzene rings is 2. The minimum absolute atomic E-state index is 0.109. The highest BCUT2D eigenvalue weighted by molar-refractivity contribution is 5.91. The Morgan fingerprint density at radius 3 is 1.21 bits per heavy atom. The Hall–Kier alpha value is -1.89. The molecule has 184 valence electrons. The zero-order valence-corrected chi connectivity index (χ0v) is 23.7. The second-order valence-electron chi connectivity index (χ2n) is 13.8. The van der Waals surface area contributed by atoms with Gasteiger partial charge in [-0.1, -0.05) is 119 Å².